The number of nitrogens with one attached hydrogen (secondary N) is 1. The van der Waals surface area contributed by atoms with Gasteiger partial charge >= 0.3 is 0 Å². The quantitative estimate of drug-likeness (QED) is 0.843. The van der Waals surface area contributed by atoms with Crippen LogP contribution < -0.4 is 5.32 Å². The molecule has 2 heteroatoms. The van der Waals surface area contributed by atoms with Crippen molar-refractivity contribution in [3.63, 3.8) is 0 Å². The summed E-state index contributed by atoms with van der Waals surface area (Å²) in [6.07, 6.45) is 1.04. The molecule has 0 bridgehead atoms. The summed E-state index contributed by atoms with van der Waals surface area (Å²) in [5, 5.41) is 3.28. The molecule has 0 aliphatic rings. The maximum Gasteiger partial charge on any atom is 0.131 e. The molecule has 0 saturated carbocycles. The van der Waals surface area contributed by atoms with Crippen LogP contribution in [0.3, 0.4) is 0 Å². The van der Waals surface area contributed by atoms with Crippen molar-refractivity contribution in [2.24, 2.45) is 0 Å². The lowest BCUT2D eigenvalue weighted by Crippen LogP contribution is -2.14. The highest BCUT2D eigenvalue weighted by molar-refractivity contribution is 5.68. The first-order valence-electron chi connectivity index (χ1n) is 7.11. The molecule has 20 heavy (non-hydrogen) atoms. The Kier molecular flexibility index (Phi) is 4.56. The van der Waals surface area contributed by atoms with Gasteiger partial charge in [-0.2, -0.15) is 0 Å². The molecular weight excluding hydrogens is 249 g/mol. The van der Waals surface area contributed by atoms with E-state index in [-0.39, 0.29) is 5.82 Å². The lowest BCUT2D eigenvalue weighted by atomic mass is 9.95. The van der Waals surface area contributed by atoms with E-state index >= 15 is 0 Å². The van der Waals surface area contributed by atoms with E-state index in [4.69, 9.17) is 0 Å². The van der Waals surface area contributed by atoms with Gasteiger partial charge < -0.3 is 5.32 Å². The van der Waals surface area contributed by atoms with E-state index in [1.165, 1.54) is 5.56 Å². The molecule has 0 spiro atoms. The molecule has 106 valence electrons. The van der Waals surface area contributed by atoms with Crippen molar-refractivity contribution >= 4 is 0 Å². The molecule has 0 aromatic heterocycles. The first-order valence-corrected chi connectivity index (χ1v) is 7.11. The molecule has 0 aliphatic heterocycles. The molecule has 2 aromatic rings. The van der Waals surface area contributed by atoms with Crippen LogP contribution in [0, 0.1) is 19.7 Å². The highest BCUT2D eigenvalue weighted by Gasteiger charge is 2.11. The van der Waals surface area contributed by atoms with Gasteiger partial charge in [0.2, 0.25) is 0 Å². The van der Waals surface area contributed by atoms with Crippen molar-refractivity contribution in [1.82, 2.24) is 5.32 Å². The Bertz CT molecular complexity index is 560. The van der Waals surface area contributed by atoms with E-state index in [1.54, 1.807) is 6.07 Å². The first kappa shape index (κ1) is 14.7. The number of rotatable bonds is 4. The fraction of sp³-hybridized carbons (Fsp3) is 0.333. The second kappa shape index (κ2) is 6.19. The summed E-state index contributed by atoms with van der Waals surface area (Å²) in [7, 11) is 1.96. The number of halogens is 1. The van der Waals surface area contributed by atoms with Crippen LogP contribution in [0.5, 0.6) is 0 Å². The van der Waals surface area contributed by atoms with E-state index in [1.807, 2.05) is 39.1 Å². The Hall–Kier alpha value is -1.67. The zero-order chi connectivity index (χ0) is 14.7. The lowest BCUT2D eigenvalue weighted by Gasteiger charge is -2.15. The standard InChI is InChI=1S/C18H22FN/c1-5-17(20-4)14-6-8-15(9-7-14)18-13(3)10-12(2)11-16(18)19/h6-11,17,20H,5H2,1-4H3. The molecular formula is C18H22FN. The molecule has 0 saturated heterocycles. The zero-order valence-corrected chi connectivity index (χ0v) is 12.6. The Morgan fingerprint density at radius 3 is 2.25 bits per heavy atom. The molecule has 1 atom stereocenters. The third-order valence-corrected chi connectivity index (χ3v) is 3.79. The lowest BCUT2D eigenvalue weighted by molar-refractivity contribution is 0.577. The Labute approximate surface area is 120 Å². The van der Waals surface area contributed by atoms with Crippen molar-refractivity contribution in [3.05, 3.63) is 58.9 Å². The predicted molar refractivity (Wildman–Crippen MR) is 83.4 cm³/mol. The number of hydrogen-bond donors (Lipinski definition) is 1. The maximum absolute atomic E-state index is 14.2. The molecule has 1 nitrogen and oxygen atoms in total. The van der Waals surface area contributed by atoms with E-state index < -0.39 is 0 Å². The van der Waals surface area contributed by atoms with Gasteiger partial charge in [-0.05, 0) is 55.6 Å². The third kappa shape index (κ3) is 2.91. The molecule has 2 rings (SSSR count). The maximum atomic E-state index is 14.2. The molecule has 0 radical (unpaired) electrons. The van der Waals surface area contributed by atoms with Crippen molar-refractivity contribution in [2.45, 2.75) is 33.2 Å². The Morgan fingerprint density at radius 1 is 1.10 bits per heavy atom. The second-order valence-electron chi connectivity index (χ2n) is 5.31. The van der Waals surface area contributed by atoms with Crippen LogP contribution in [-0.2, 0) is 0 Å². The van der Waals surface area contributed by atoms with Gasteiger partial charge in [0.05, 0.1) is 0 Å². The van der Waals surface area contributed by atoms with E-state index in [9.17, 15) is 4.39 Å². The topological polar surface area (TPSA) is 12.0 Å². The van der Waals surface area contributed by atoms with Gasteiger partial charge in [-0.1, -0.05) is 37.3 Å². The smallest absolute Gasteiger partial charge is 0.131 e. The minimum atomic E-state index is -0.143. The van der Waals surface area contributed by atoms with Crippen molar-refractivity contribution in [1.29, 1.82) is 0 Å². The summed E-state index contributed by atoms with van der Waals surface area (Å²) in [4.78, 5) is 0. The highest BCUT2D eigenvalue weighted by Crippen LogP contribution is 2.29. The summed E-state index contributed by atoms with van der Waals surface area (Å²) in [6.45, 7) is 6.03. The van der Waals surface area contributed by atoms with Crippen LogP contribution in [0.1, 0.15) is 36.1 Å². The Morgan fingerprint density at radius 2 is 1.75 bits per heavy atom. The van der Waals surface area contributed by atoms with Crippen molar-refractivity contribution in [2.75, 3.05) is 7.05 Å². The Balaban J connectivity index is 2.40. The average molecular weight is 271 g/mol. The second-order valence-corrected chi connectivity index (χ2v) is 5.31. The molecule has 1 N–H and O–H groups in total. The van der Waals surface area contributed by atoms with Gasteiger partial charge in [0.25, 0.3) is 0 Å². The summed E-state index contributed by atoms with van der Waals surface area (Å²) in [5.74, 6) is -0.143. The molecule has 2 aromatic carbocycles. The van der Waals surface area contributed by atoms with Gasteiger partial charge in [0, 0.05) is 11.6 Å². The highest BCUT2D eigenvalue weighted by atomic mass is 19.1. The van der Waals surface area contributed by atoms with Gasteiger partial charge in [-0.15, -0.1) is 0 Å². The normalized spacial score (nSPS) is 12.4. The molecule has 0 heterocycles. The van der Waals surface area contributed by atoms with E-state index in [0.29, 0.717) is 11.6 Å². The number of aryl methyl sites for hydroxylation is 2. The van der Waals surface area contributed by atoms with Crippen LogP contribution in [0.4, 0.5) is 4.39 Å². The molecule has 0 amide bonds. The van der Waals surface area contributed by atoms with E-state index in [2.05, 4.69) is 24.4 Å². The monoisotopic (exact) mass is 271 g/mol. The van der Waals surface area contributed by atoms with Crippen LogP contribution in [0.2, 0.25) is 0 Å². The van der Waals surface area contributed by atoms with Crippen LogP contribution >= 0.6 is 0 Å². The number of benzene rings is 2. The molecule has 0 fully saturated rings. The van der Waals surface area contributed by atoms with E-state index in [0.717, 1.165) is 23.1 Å². The fourth-order valence-electron chi connectivity index (χ4n) is 2.77. The van der Waals surface area contributed by atoms with Crippen LogP contribution in [-0.4, -0.2) is 7.05 Å². The van der Waals surface area contributed by atoms with Crippen molar-refractivity contribution in [3.8, 4) is 11.1 Å². The van der Waals surface area contributed by atoms with Gasteiger partial charge in [0.15, 0.2) is 0 Å². The average Bonchev–Trinajstić information content (AvgIpc) is 2.40. The summed E-state index contributed by atoms with van der Waals surface area (Å²) in [5.41, 5.74) is 4.83. The largest absolute Gasteiger partial charge is 0.313 e. The number of hydrogen-bond acceptors (Lipinski definition) is 1. The van der Waals surface area contributed by atoms with Gasteiger partial charge in [0.1, 0.15) is 5.82 Å². The van der Waals surface area contributed by atoms with Crippen molar-refractivity contribution < 1.29 is 4.39 Å². The van der Waals surface area contributed by atoms with Crippen LogP contribution in [0.15, 0.2) is 36.4 Å². The minimum absolute atomic E-state index is 0.143. The summed E-state index contributed by atoms with van der Waals surface area (Å²) < 4.78 is 14.2. The van der Waals surface area contributed by atoms with Gasteiger partial charge in [-0.3, -0.25) is 0 Å². The third-order valence-electron chi connectivity index (χ3n) is 3.79. The predicted octanol–water partition coefficient (Wildman–Crippen LogP) is 4.78. The first-order chi connectivity index (χ1) is 9.56. The minimum Gasteiger partial charge on any atom is -0.313 e. The van der Waals surface area contributed by atoms with Gasteiger partial charge in [-0.25, -0.2) is 4.39 Å². The van der Waals surface area contributed by atoms with Crippen LogP contribution in [0.25, 0.3) is 11.1 Å². The zero-order valence-electron chi connectivity index (χ0n) is 12.6. The SMILES string of the molecule is CCC(NC)c1ccc(-c2c(C)cc(C)cc2F)cc1. The molecule has 1 unspecified atom stereocenters. The summed E-state index contributed by atoms with van der Waals surface area (Å²) in [6, 6.07) is 12.2. The summed E-state index contributed by atoms with van der Waals surface area (Å²) >= 11 is 0. The fourth-order valence-corrected chi connectivity index (χ4v) is 2.77. The molecule has 0 aliphatic carbocycles.